The third kappa shape index (κ3) is 1.96. The van der Waals surface area contributed by atoms with E-state index < -0.39 is 0 Å². The molecule has 2 nitrogen and oxygen atoms in total. The minimum Gasteiger partial charge on any atom is -0.397 e. The fraction of sp³-hybridized carbons (Fsp3) is 0.167. The lowest BCUT2D eigenvalue weighted by Crippen LogP contribution is -2.03. The summed E-state index contributed by atoms with van der Waals surface area (Å²) in [6.45, 7) is 7.42. The monoisotopic (exact) mass is 188 g/mol. The van der Waals surface area contributed by atoms with Gasteiger partial charge in [-0.3, -0.25) is 0 Å². The number of hydrogen-bond acceptors (Lipinski definition) is 2. The summed E-state index contributed by atoms with van der Waals surface area (Å²) < 4.78 is 0. The Kier molecular flexibility index (Phi) is 3.35. The molecule has 0 amide bonds. The third-order valence-corrected chi connectivity index (χ3v) is 2.20. The van der Waals surface area contributed by atoms with Gasteiger partial charge in [0.1, 0.15) is 0 Å². The van der Waals surface area contributed by atoms with Crippen LogP contribution in [0.15, 0.2) is 37.4 Å². The van der Waals surface area contributed by atoms with Gasteiger partial charge in [0.05, 0.1) is 11.4 Å². The molecule has 0 aliphatic carbocycles. The Hall–Kier alpha value is -1.70. The second-order valence-electron chi connectivity index (χ2n) is 3.19. The van der Waals surface area contributed by atoms with Gasteiger partial charge < -0.3 is 11.5 Å². The highest BCUT2D eigenvalue weighted by Crippen LogP contribution is 2.25. The summed E-state index contributed by atoms with van der Waals surface area (Å²) in [7, 11) is 0. The number of rotatable bonds is 4. The van der Waals surface area contributed by atoms with Crippen LogP contribution in [0.2, 0.25) is 0 Å². The van der Waals surface area contributed by atoms with Gasteiger partial charge in [-0.25, -0.2) is 0 Å². The Morgan fingerprint density at radius 3 is 2.29 bits per heavy atom. The normalized spacial score (nSPS) is 9.71. The van der Waals surface area contributed by atoms with Crippen LogP contribution < -0.4 is 11.5 Å². The van der Waals surface area contributed by atoms with Crippen LogP contribution in [0.5, 0.6) is 0 Å². The van der Waals surface area contributed by atoms with Gasteiger partial charge in [-0.05, 0) is 30.0 Å². The van der Waals surface area contributed by atoms with Crippen LogP contribution in [0.4, 0.5) is 11.4 Å². The van der Waals surface area contributed by atoms with Crippen molar-refractivity contribution in [3.05, 3.63) is 48.6 Å². The Balaban J connectivity index is 3.21. The lowest BCUT2D eigenvalue weighted by atomic mass is 9.99. The van der Waals surface area contributed by atoms with Crippen LogP contribution in [0.1, 0.15) is 11.1 Å². The molecule has 0 atom stereocenters. The van der Waals surface area contributed by atoms with Crippen molar-refractivity contribution in [2.75, 3.05) is 11.5 Å². The first-order valence-electron chi connectivity index (χ1n) is 4.58. The van der Waals surface area contributed by atoms with Crippen LogP contribution in [0, 0.1) is 0 Å². The molecular formula is C12H16N2. The van der Waals surface area contributed by atoms with Gasteiger partial charge in [0.2, 0.25) is 0 Å². The predicted octanol–water partition coefficient (Wildman–Crippen LogP) is 2.31. The number of benzene rings is 1. The van der Waals surface area contributed by atoms with Crippen molar-refractivity contribution in [1.82, 2.24) is 0 Å². The first-order chi connectivity index (χ1) is 6.70. The fourth-order valence-corrected chi connectivity index (χ4v) is 1.46. The molecule has 74 valence electrons. The van der Waals surface area contributed by atoms with Gasteiger partial charge in [0.25, 0.3) is 0 Å². The van der Waals surface area contributed by atoms with E-state index in [1.807, 2.05) is 24.3 Å². The molecule has 0 aliphatic rings. The SMILES string of the molecule is C=CCc1ccc(N)c(N)c1CC=C. The third-order valence-electron chi connectivity index (χ3n) is 2.20. The highest BCUT2D eigenvalue weighted by Gasteiger charge is 2.06. The number of nitrogen functional groups attached to an aromatic ring is 2. The van der Waals surface area contributed by atoms with Crippen molar-refractivity contribution in [1.29, 1.82) is 0 Å². The van der Waals surface area contributed by atoms with E-state index in [0.717, 1.165) is 18.4 Å². The molecule has 0 saturated carbocycles. The predicted molar refractivity (Wildman–Crippen MR) is 63.1 cm³/mol. The minimum absolute atomic E-state index is 0.634. The standard InChI is InChI=1S/C12H16N2/c1-3-5-9-7-8-11(13)12(14)10(9)6-4-2/h3-4,7-8H,1-2,5-6,13-14H2. The average Bonchev–Trinajstić information content (AvgIpc) is 2.18. The lowest BCUT2D eigenvalue weighted by molar-refractivity contribution is 1.16. The average molecular weight is 188 g/mol. The van der Waals surface area contributed by atoms with E-state index in [1.54, 1.807) is 0 Å². The Bertz CT molecular complexity index is 354. The van der Waals surface area contributed by atoms with Gasteiger partial charge >= 0.3 is 0 Å². The van der Waals surface area contributed by atoms with E-state index in [9.17, 15) is 0 Å². The second kappa shape index (κ2) is 4.51. The fourth-order valence-electron chi connectivity index (χ4n) is 1.46. The molecule has 1 aromatic carbocycles. The van der Waals surface area contributed by atoms with Crippen LogP contribution >= 0.6 is 0 Å². The Morgan fingerprint density at radius 2 is 1.71 bits per heavy atom. The molecule has 0 heterocycles. The molecule has 0 saturated heterocycles. The smallest absolute Gasteiger partial charge is 0.0586 e. The van der Waals surface area contributed by atoms with Crippen molar-refractivity contribution in [3.63, 3.8) is 0 Å². The van der Waals surface area contributed by atoms with Crippen molar-refractivity contribution < 1.29 is 0 Å². The van der Waals surface area contributed by atoms with Crippen LogP contribution in [-0.2, 0) is 12.8 Å². The second-order valence-corrected chi connectivity index (χ2v) is 3.19. The number of allylic oxidation sites excluding steroid dienone is 2. The van der Waals surface area contributed by atoms with Gasteiger partial charge in [0.15, 0.2) is 0 Å². The molecule has 1 rings (SSSR count). The summed E-state index contributed by atoms with van der Waals surface area (Å²) in [6.07, 6.45) is 5.25. The molecule has 14 heavy (non-hydrogen) atoms. The van der Waals surface area contributed by atoms with Crippen molar-refractivity contribution in [2.24, 2.45) is 0 Å². The molecule has 2 heteroatoms. The van der Waals surface area contributed by atoms with Crippen molar-refractivity contribution in [3.8, 4) is 0 Å². The molecule has 1 aromatic rings. The first-order valence-corrected chi connectivity index (χ1v) is 4.58. The summed E-state index contributed by atoms with van der Waals surface area (Å²) >= 11 is 0. The zero-order valence-corrected chi connectivity index (χ0v) is 8.29. The molecule has 0 radical (unpaired) electrons. The Labute approximate surface area is 84.9 Å². The molecule has 4 N–H and O–H groups in total. The Morgan fingerprint density at radius 1 is 1.07 bits per heavy atom. The maximum Gasteiger partial charge on any atom is 0.0586 e. The van der Waals surface area contributed by atoms with Crippen molar-refractivity contribution in [2.45, 2.75) is 12.8 Å². The zero-order valence-electron chi connectivity index (χ0n) is 8.29. The molecular weight excluding hydrogens is 172 g/mol. The maximum absolute atomic E-state index is 5.89. The quantitative estimate of drug-likeness (QED) is 0.562. The van der Waals surface area contributed by atoms with Crippen molar-refractivity contribution >= 4 is 11.4 Å². The molecule has 0 fully saturated rings. The molecule has 0 spiro atoms. The number of hydrogen-bond donors (Lipinski definition) is 2. The lowest BCUT2D eigenvalue weighted by Gasteiger charge is -2.11. The van der Waals surface area contributed by atoms with E-state index in [0.29, 0.717) is 11.4 Å². The highest BCUT2D eigenvalue weighted by molar-refractivity contribution is 5.69. The summed E-state index contributed by atoms with van der Waals surface area (Å²) in [6, 6.07) is 3.83. The molecule has 0 unspecified atom stereocenters. The highest BCUT2D eigenvalue weighted by atomic mass is 14.7. The van der Waals surface area contributed by atoms with Crippen LogP contribution in [0.3, 0.4) is 0 Å². The topological polar surface area (TPSA) is 52.0 Å². The van der Waals surface area contributed by atoms with Gasteiger partial charge in [-0.1, -0.05) is 18.2 Å². The summed E-state index contributed by atoms with van der Waals surface area (Å²) in [5.74, 6) is 0. The van der Waals surface area contributed by atoms with E-state index in [4.69, 9.17) is 11.5 Å². The summed E-state index contributed by atoms with van der Waals surface area (Å²) in [4.78, 5) is 0. The maximum atomic E-state index is 5.89. The van der Waals surface area contributed by atoms with E-state index in [1.165, 1.54) is 5.56 Å². The van der Waals surface area contributed by atoms with Gasteiger partial charge in [-0.2, -0.15) is 0 Å². The van der Waals surface area contributed by atoms with Crippen LogP contribution in [-0.4, -0.2) is 0 Å². The minimum atomic E-state index is 0.634. The van der Waals surface area contributed by atoms with Crippen LogP contribution in [0.25, 0.3) is 0 Å². The van der Waals surface area contributed by atoms with E-state index in [-0.39, 0.29) is 0 Å². The van der Waals surface area contributed by atoms with Gasteiger partial charge in [0, 0.05) is 0 Å². The molecule has 0 bridgehead atoms. The summed E-state index contributed by atoms with van der Waals surface area (Å²) in [5, 5.41) is 0. The van der Waals surface area contributed by atoms with E-state index >= 15 is 0 Å². The molecule has 0 aliphatic heterocycles. The largest absolute Gasteiger partial charge is 0.397 e. The number of nitrogens with two attached hydrogens (primary N) is 2. The molecule has 0 aromatic heterocycles. The summed E-state index contributed by atoms with van der Waals surface area (Å²) in [5.41, 5.74) is 15.2. The number of anilines is 2. The first kappa shape index (κ1) is 10.4. The van der Waals surface area contributed by atoms with E-state index in [2.05, 4.69) is 13.2 Å². The zero-order chi connectivity index (χ0) is 10.6. The van der Waals surface area contributed by atoms with Gasteiger partial charge in [-0.15, -0.1) is 13.2 Å².